The zero-order valence-corrected chi connectivity index (χ0v) is 14.2. The molecule has 0 saturated carbocycles. The highest BCUT2D eigenvalue weighted by Crippen LogP contribution is 2.50. The van der Waals surface area contributed by atoms with E-state index in [1.807, 2.05) is 12.1 Å². The van der Waals surface area contributed by atoms with Crippen molar-refractivity contribution in [3.05, 3.63) is 93.9 Å². The Labute approximate surface area is 146 Å². The van der Waals surface area contributed by atoms with Gasteiger partial charge < -0.3 is 0 Å². The molecular weight excluding hydrogens is 312 g/mol. The summed E-state index contributed by atoms with van der Waals surface area (Å²) in [6, 6.07) is 21.0. The van der Waals surface area contributed by atoms with Crippen molar-refractivity contribution < 1.29 is 4.79 Å². The molecule has 0 saturated heterocycles. The zero-order valence-electron chi connectivity index (χ0n) is 13.4. The first-order valence-electron chi connectivity index (χ1n) is 8.29. The lowest BCUT2D eigenvalue weighted by Crippen LogP contribution is -2.06. The fourth-order valence-corrected chi connectivity index (χ4v) is 4.63. The van der Waals surface area contributed by atoms with Crippen molar-refractivity contribution in [1.29, 1.82) is 0 Å². The topological polar surface area (TPSA) is 17.1 Å². The molecule has 2 heteroatoms. The Balaban J connectivity index is 1.93. The number of allylic oxidation sites excluding steroid dienone is 4. The Hall–Kier alpha value is -2.32. The predicted octanol–water partition coefficient (Wildman–Crippen LogP) is 5.87. The minimum absolute atomic E-state index is 0.895. The van der Waals surface area contributed by atoms with Crippen LogP contribution >= 0.6 is 11.8 Å². The Kier molecular flexibility index (Phi) is 4.22. The fourth-order valence-electron chi connectivity index (χ4n) is 3.32. The molecular formula is C22H18OS. The van der Waals surface area contributed by atoms with Crippen LogP contribution < -0.4 is 0 Å². The maximum absolute atomic E-state index is 11.5. The molecule has 0 atom stereocenters. The molecule has 0 unspecified atom stereocenters. The van der Waals surface area contributed by atoms with Gasteiger partial charge in [0, 0.05) is 15.4 Å². The highest BCUT2D eigenvalue weighted by atomic mass is 32.2. The van der Waals surface area contributed by atoms with Gasteiger partial charge in [0.2, 0.25) is 0 Å². The summed E-state index contributed by atoms with van der Waals surface area (Å²) in [5.74, 6) is 0. The normalized spacial score (nSPS) is 17.4. The third-order valence-electron chi connectivity index (χ3n) is 4.51. The molecule has 24 heavy (non-hydrogen) atoms. The standard InChI is InChI=1S/C22H18OS/c23-15-19-13-7-12-18-14-20(16-8-3-1-4-9-16)22(24-21(18)19)17-10-5-2-6-11-17/h1-6,8-11,14-15H,7,12-13H2. The number of aldehydes is 1. The first-order chi connectivity index (χ1) is 11.9. The van der Waals surface area contributed by atoms with Crippen molar-refractivity contribution >= 4 is 28.5 Å². The van der Waals surface area contributed by atoms with Crippen molar-refractivity contribution in [3.63, 3.8) is 0 Å². The van der Waals surface area contributed by atoms with E-state index in [0.29, 0.717) is 0 Å². The van der Waals surface area contributed by atoms with Crippen LogP contribution in [0.3, 0.4) is 0 Å². The molecule has 1 aliphatic carbocycles. The van der Waals surface area contributed by atoms with Crippen LogP contribution in [0.15, 0.2) is 82.8 Å². The highest BCUT2D eigenvalue weighted by molar-refractivity contribution is 8.12. The minimum atomic E-state index is 0.895. The van der Waals surface area contributed by atoms with E-state index in [1.165, 1.54) is 32.1 Å². The monoisotopic (exact) mass is 330 g/mol. The summed E-state index contributed by atoms with van der Waals surface area (Å²) >= 11 is 1.76. The van der Waals surface area contributed by atoms with E-state index in [0.717, 1.165) is 31.1 Å². The third-order valence-corrected chi connectivity index (χ3v) is 5.89. The number of thioether (sulfide) groups is 1. The van der Waals surface area contributed by atoms with E-state index in [2.05, 4.69) is 54.6 Å². The van der Waals surface area contributed by atoms with Gasteiger partial charge in [-0.1, -0.05) is 72.4 Å². The Morgan fingerprint density at radius 2 is 1.46 bits per heavy atom. The minimum Gasteiger partial charge on any atom is -0.298 e. The van der Waals surface area contributed by atoms with E-state index in [9.17, 15) is 4.79 Å². The van der Waals surface area contributed by atoms with E-state index in [4.69, 9.17) is 0 Å². The second kappa shape index (κ2) is 6.66. The first kappa shape index (κ1) is 15.2. The van der Waals surface area contributed by atoms with Gasteiger partial charge in [-0.3, -0.25) is 4.79 Å². The lowest BCUT2D eigenvalue weighted by molar-refractivity contribution is -0.105. The fraction of sp³-hybridized carbons (Fsp3) is 0.136. The van der Waals surface area contributed by atoms with Crippen LogP contribution in [-0.2, 0) is 4.79 Å². The van der Waals surface area contributed by atoms with E-state index in [-0.39, 0.29) is 0 Å². The van der Waals surface area contributed by atoms with Gasteiger partial charge in [0.05, 0.1) is 0 Å². The maximum atomic E-state index is 11.5. The molecule has 0 fully saturated rings. The molecule has 4 rings (SSSR count). The molecule has 0 aromatic heterocycles. The lowest BCUT2D eigenvalue weighted by Gasteiger charge is -2.27. The molecule has 0 N–H and O–H groups in total. The summed E-state index contributed by atoms with van der Waals surface area (Å²) in [6.45, 7) is 0. The molecule has 0 amide bonds. The second-order valence-electron chi connectivity index (χ2n) is 6.07. The summed E-state index contributed by atoms with van der Waals surface area (Å²) < 4.78 is 0. The van der Waals surface area contributed by atoms with Crippen molar-refractivity contribution in [1.82, 2.24) is 0 Å². The highest BCUT2D eigenvalue weighted by Gasteiger charge is 2.25. The van der Waals surface area contributed by atoms with E-state index >= 15 is 0 Å². The molecule has 118 valence electrons. The summed E-state index contributed by atoms with van der Waals surface area (Å²) in [6.07, 6.45) is 6.36. The molecule has 0 radical (unpaired) electrons. The number of carbonyl (C=O) groups excluding carboxylic acids is 1. The third kappa shape index (κ3) is 2.78. The zero-order chi connectivity index (χ0) is 16.4. The van der Waals surface area contributed by atoms with Gasteiger partial charge in [-0.15, -0.1) is 0 Å². The summed E-state index contributed by atoms with van der Waals surface area (Å²) in [4.78, 5) is 13.9. The summed E-state index contributed by atoms with van der Waals surface area (Å²) in [7, 11) is 0. The first-order valence-corrected chi connectivity index (χ1v) is 9.10. The van der Waals surface area contributed by atoms with E-state index in [1.54, 1.807) is 11.8 Å². The quantitative estimate of drug-likeness (QED) is 0.655. The van der Waals surface area contributed by atoms with Crippen LogP contribution in [0.5, 0.6) is 0 Å². The molecule has 2 aromatic rings. The second-order valence-corrected chi connectivity index (χ2v) is 7.09. The molecule has 0 spiro atoms. The SMILES string of the molecule is O=CC1=C2SC(c3ccccc3)=C(c3ccccc3)C=C2CCC1. The Bertz CT molecular complexity index is 857. The van der Waals surface area contributed by atoms with Crippen LogP contribution in [0.2, 0.25) is 0 Å². The van der Waals surface area contributed by atoms with Gasteiger partial charge in [-0.2, -0.15) is 0 Å². The van der Waals surface area contributed by atoms with Crippen LogP contribution in [0, 0.1) is 0 Å². The molecule has 2 aromatic carbocycles. The van der Waals surface area contributed by atoms with Gasteiger partial charge in [-0.05, 0) is 47.6 Å². The number of hydrogen-bond donors (Lipinski definition) is 0. The predicted molar refractivity (Wildman–Crippen MR) is 102 cm³/mol. The largest absolute Gasteiger partial charge is 0.298 e. The average molecular weight is 330 g/mol. The van der Waals surface area contributed by atoms with Crippen molar-refractivity contribution in [2.75, 3.05) is 0 Å². The van der Waals surface area contributed by atoms with Gasteiger partial charge in [0.25, 0.3) is 0 Å². The number of benzene rings is 2. The van der Waals surface area contributed by atoms with Crippen LogP contribution in [0.1, 0.15) is 30.4 Å². The number of rotatable bonds is 3. The average Bonchev–Trinajstić information content (AvgIpc) is 2.68. The van der Waals surface area contributed by atoms with Gasteiger partial charge >= 0.3 is 0 Å². The van der Waals surface area contributed by atoms with Crippen LogP contribution in [-0.4, -0.2) is 6.29 Å². The molecule has 2 aliphatic rings. The van der Waals surface area contributed by atoms with Crippen molar-refractivity contribution in [2.45, 2.75) is 19.3 Å². The Morgan fingerprint density at radius 3 is 2.12 bits per heavy atom. The van der Waals surface area contributed by atoms with E-state index < -0.39 is 0 Å². The van der Waals surface area contributed by atoms with Gasteiger partial charge in [0.1, 0.15) is 6.29 Å². The summed E-state index contributed by atoms with van der Waals surface area (Å²) in [5, 5.41) is 0. The van der Waals surface area contributed by atoms with Crippen molar-refractivity contribution in [3.8, 4) is 0 Å². The number of fused-ring (bicyclic) bond motifs is 1. The molecule has 1 nitrogen and oxygen atoms in total. The van der Waals surface area contributed by atoms with Gasteiger partial charge in [0.15, 0.2) is 0 Å². The smallest absolute Gasteiger partial charge is 0.147 e. The molecule has 1 aliphatic heterocycles. The number of hydrogen-bond acceptors (Lipinski definition) is 2. The van der Waals surface area contributed by atoms with Crippen LogP contribution in [0.25, 0.3) is 10.5 Å². The Morgan fingerprint density at radius 1 is 0.792 bits per heavy atom. The van der Waals surface area contributed by atoms with Crippen molar-refractivity contribution in [2.24, 2.45) is 0 Å². The molecule has 0 bridgehead atoms. The van der Waals surface area contributed by atoms with Gasteiger partial charge in [-0.25, -0.2) is 0 Å². The molecule has 1 heterocycles. The van der Waals surface area contributed by atoms with Crippen LogP contribution in [0.4, 0.5) is 0 Å². The lowest BCUT2D eigenvalue weighted by atomic mass is 9.91. The number of carbonyl (C=O) groups is 1. The maximum Gasteiger partial charge on any atom is 0.147 e. The summed E-state index contributed by atoms with van der Waals surface area (Å²) in [5.41, 5.74) is 5.97.